The lowest BCUT2D eigenvalue weighted by atomic mass is 10.2. The smallest absolute Gasteiger partial charge is 0.358 e. The molecule has 0 bridgehead atoms. The molecule has 3 aromatic rings. The molecule has 3 heterocycles. The molecule has 152 valence electrons. The van der Waals surface area contributed by atoms with Gasteiger partial charge in [-0.05, 0) is 36.4 Å². The van der Waals surface area contributed by atoms with Crippen LogP contribution in [0.3, 0.4) is 0 Å². The Kier molecular flexibility index (Phi) is 5.91. The van der Waals surface area contributed by atoms with E-state index in [9.17, 15) is 9.18 Å². The van der Waals surface area contributed by atoms with Crippen LogP contribution in [0, 0.1) is 5.82 Å². The fourth-order valence-corrected chi connectivity index (χ4v) is 3.75. The number of hydrogen-bond acceptors (Lipinski definition) is 8. The fraction of sp³-hybridized carbons (Fsp3) is 0.150. The van der Waals surface area contributed by atoms with Crippen molar-refractivity contribution >= 4 is 35.2 Å². The molecule has 1 aliphatic rings. The van der Waals surface area contributed by atoms with Gasteiger partial charge in [-0.2, -0.15) is 0 Å². The SMILES string of the molecule is COC(=O)c1cnc(C2N=C(c3ccc(F)cc3)OC2Sc2ccc(Cl)cn2)cn1. The van der Waals surface area contributed by atoms with Crippen molar-refractivity contribution in [2.45, 2.75) is 16.5 Å². The molecule has 0 N–H and O–H groups in total. The van der Waals surface area contributed by atoms with Crippen molar-refractivity contribution in [1.82, 2.24) is 15.0 Å². The Balaban J connectivity index is 1.64. The lowest BCUT2D eigenvalue weighted by Crippen LogP contribution is -2.15. The number of rotatable bonds is 5. The molecule has 0 fully saturated rings. The zero-order chi connectivity index (χ0) is 21.1. The summed E-state index contributed by atoms with van der Waals surface area (Å²) >= 11 is 7.25. The zero-order valence-corrected chi connectivity index (χ0v) is 17.1. The monoisotopic (exact) mass is 444 g/mol. The molecule has 7 nitrogen and oxygen atoms in total. The van der Waals surface area contributed by atoms with Gasteiger partial charge in [-0.1, -0.05) is 23.4 Å². The van der Waals surface area contributed by atoms with E-state index in [0.717, 1.165) is 0 Å². The summed E-state index contributed by atoms with van der Waals surface area (Å²) in [6.45, 7) is 0. The van der Waals surface area contributed by atoms with Crippen molar-refractivity contribution in [3.63, 3.8) is 0 Å². The van der Waals surface area contributed by atoms with Crippen molar-refractivity contribution < 1.29 is 18.7 Å². The molecular weight excluding hydrogens is 431 g/mol. The van der Waals surface area contributed by atoms with Crippen LogP contribution in [0.25, 0.3) is 0 Å². The van der Waals surface area contributed by atoms with Gasteiger partial charge >= 0.3 is 5.97 Å². The Morgan fingerprint density at radius 1 is 1.10 bits per heavy atom. The van der Waals surface area contributed by atoms with Crippen LogP contribution in [0.5, 0.6) is 0 Å². The van der Waals surface area contributed by atoms with Crippen molar-refractivity contribution in [2.24, 2.45) is 4.99 Å². The van der Waals surface area contributed by atoms with Gasteiger partial charge in [0.15, 0.2) is 11.1 Å². The lowest BCUT2D eigenvalue weighted by molar-refractivity contribution is 0.0593. The number of halogens is 2. The third-order valence-corrected chi connectivity index (χ3v) is 5.43. The molecule has 30 heavy (non-hydrogen) atoms. The Morgan fingerprint density at radius 2 is 1.90 bits per heavy atom. The van der Waals surface area contributed by atoms with Crippen molar-refractivity contribution in [1.29, 1.82) is 0 Å². The minimum Gasteiger partial charge on any atom is -0.464 e. The van der Waals surface area contributed by atoms with Gasteiger partial charge < -0.3 is 9.47 Å². The van der Waals surface area contributed by atoms with Crippen molar-refractivity contribution in [3.05, 3.63) is 82.8 Å². The molecule has 1 aromatic carbocycles. The van der Waals surface area contributed by atoms with Crippen LogP contribution in [0.1, 0.15) is 27.8 Å². The minimum atomic E-state index is -0.580. The number of carbonyl (C=O) groups excluding carboxylic acids is 1. The van der Waals surface area contributed by atoms with E-state index in [-0.39, 0.29) is 11.5 Å². The molecule has 2 aromatic heterocycles. The predicted molar refractivity (Wildman–Crippen MR) is 109 cm³/mol. The van der Waals surface area contributed by atoms with E-state index in [2.05, 4.69) is 24.7 Å². The topological polar surface area (TPSA) is 86.6 Å². The molecule has 2 atom stereocenters. The number of aliphatic imine (C=N–C) groups is 1. The first-order valence-electron chi connectivity index (χ1n) is 8.72. The van der Waals surface area contributed by atoms with Gasteiger partial charge in [-0.3, -0.25) is 4.98 Å². The zero-order valence-electron chi connectivity index (χ0n) is 15.5. The van der Waals surface area contributed by atoms with E-state index in [1.807, 2.05) is 0 Å². The summed E-state index contributed by atoms with van der Waals surface area (Å²) in [5, 5.41) is 1.21. The first-order valence-corrected chi connectivity index (χ1v) is 9.98. The van der Waals surface area contributed by atoms with Crippen molar-refractivity contribution in [2.75, 3.05) is 7.11 Å². The second-order valence-electron chi connectivity index (χ2n) is 6.12. The number of pyridine rings is 1. The van der Waals surface area contributed by atoms with E-state index >= 15 is 0 Å². The second kappa shape index (κ2) is 8.76. The van der Waals surface area contributed by atoms with Crippen LogP contribution in [-0.2, 0) is 9.47 Å². The second-order valence-corrected chi connectivity index (χ2v) is 7.68. The highest BCUT2D eigenvalue weighted by atomic mass is 35.5. The third-order valence-electron chi connectivity index (χ3n) is 4.14. The number of nitrogens with zero attached hydrogens (tertiary/aromatic N) is 4. The van der Waals surface area contributed by atoms with E-state index in [1.54, 1.807) is 30.5 Å². The van der Waals surface area contributed by atoms with Crippen LogP contribution in [-0.4, -0.2) is 39.4 Å². The standard InChI is InChI=1S/C20H14ClFN4O3S/c1-28-19(27)15-10-23-14(9-24-15)17-20(30-16-7-4-12(21)8-25-16)29-18(26-17)11-2-5-13(22)6-3-11/h2-10,17,20H,1H3. The van der Waals surface area contributed by atoms with E-state index in [1.165, 1.54) is 43.4 Å². The number of ether oxygens (including phenoxy) is 2. The molecule has 0 amide bonds. The highest BCUT2D eigenvalue weighted by Crippen LogP contribution is 2.39. The highest BCUT2D eigenvalue weighted by molar-refractivity contribution is 7.99. The Bertz CT molecular complexity index is 1080. The molecule has 4 rings (SSSR count). The van der Waals surface area contributed by atoms with Crippen LogP contribution >= 0.6 is 23.4 Å². The Hall–Kier alpha value is -3.04. The maximum Gasteiger partial charge on any atom is 0.358 e. The maximum absolute atomic E-state index is 13.3. The van der Waals surface area contributed by atoms with Crippen LogP contribution in [0.15, 0.2) is 65.0 Å². The fourth-order valence-electron chi connectivity index (χ4n) is 2.67. The Labute approximate surface area is 180 Å². The first kappa shape index (κ1) is 20.2. The quantitative estimate of drug-likeness (QED) is 0.548. The molecular formula is C20H14ClFN4O3S. The number of hydrogen-bond donors (Lipinski definition) is 0. The summed E-state index contributed by atoms with van der Waals surface area (Å²) in [5.74, 6) is -0.580. The van der Waals surface area contributed by atoms with Gasteiger partial charge in [-0.25, -0.2) is 24.1 Å². The average Bonchev–Trinajstić information content (AvgIpc) is 3.19. The predicted octanol–water partition coefficient (Wildman–Crippen LogP) is 4.09. The number of thioether (sulfide) groups is 1. The van der Waals surface area contributed by atoms with Gasteiger partial charge in [0.05, 0.1) is 35.2 Å². The average molecular weight is 445 g/mol. The van der Waals surface area contributed by atoms with Crippen LogP contribution < -0.4 is 0 Å². The molecule has 0 saturated carbocycles. The van der Waals surface area contributed by atoms with Crippen molar-refractivity contribution in [3.8, 4) is 0 Å². The van der Waals surface area contributed by atoms with Crippen LogP contribution in [0.4, 0.5) is 4.39 Å². The first-order chi connectivity index (χ1) is 14.5. The number of esters is 1. The van der Waals surface area contributed by atoms with Crippen LogP contribution in [0.2, 0.25) is 5.02 Å². The maximum atomic E-state index is 13.3. The summed E-state index contributed by atoms with van der Waals surface area (Å²) < 4.78 is 24.0. The number of methoxy groups -OCH3 is 1. The summed E-state index contributed by atoms with van der Waals surface area (Å²) in [5.41, 5.74) is 0.724. The molecule has 1 aliphatic heterocycles. The normalized spacial score (nSPS) is 17.9. The van der Waals surface area contributed by atoms with E-state index in [0.29, 0.717) is 27.2 Å². The number of aromatic nitrogens is 3. The molecule has 0 spiro atoms. The molecule has 10 heteroatoms. The minimum absolute atomic E-state index is 0.0893. The molecule has 0 aliphatic carbocycles. The number of benzene rings is 1. The highest BCUT2D eigenvalue weighted by Gasteiger charge is 2.35. The van der Waals surface area contributed by atoms with Gasteiger partial charge in [-0.15, -0.1) is 0 Å². The van der Waals surface area contributed by atoms with Gasteiger partial charge in [0.2, 0.25) is 5.90 Å². The van der Waals surface area contributed by atoms with Gasteiger partial charge in [0.1, 0.15) is 11.9 Å². The molecule has 2 unspecified atom stereocenters. The van der Waals surface area contributed by atoms with Gasteiger partial charge in [0.25, 0.3) is 0 Å². The van der Waals surface area contributed by atoms with E-state index in [4.69, 9.17) is 16.3 Å². The largest absolute Gasteiger partial charge is 0.464 e. The molecule has 0 saturated heterocycles. The summed E-state index contributed by atoms with van der Waals surface area (Å²) in [6.07, 6.45) is 4.33. The summed E-state index contributed by atoms with van der Waals surface area (Å²) in [4.78, 5) is 28.9. The third kappa shape index (κ3) is 4.42. The number of carbonyl (C=O) groups is 1. The summed E-state index contributed by atoms with van der Waals surface area (Å²) in [6, 6.07) is 8.83. The summed E-state index contributed by atoms with van der Waals surface area (Å²) in [7, 11) is 1.27. The van der Waals surface area contributed by atoms with E-state index < -0.39 is 17.4 Å². The lowest BCUT2D eigenvalue weighted by Gasteiger charge is -2.16. The Morgan fingerprint density at radius 3 is 2.53 bits per heavy atom. The molecule has 0 radical (unpaired) electrons. The van der Waals surface area contributed by atoms with Gasteiger partial charge in [0, 0.05) is 11.8 Å².